The Kier molecular flexibility index (Phi) is 37.2. The molecule has 26 nitrogen and oxygen atoms in total. The van der Waals surface area contributed by atoms with E-state index in [1.807, 2.05) is 49.4 Å². The number of nitrogens with zero attached hydrogens (tertiary/aromatic N) is 10. The highest BCUT2D eigenvalue weighted by atomic mass is 35.5. The van der Waals surface area contributed by atoms with Gasteiger partial charge in [-0.2, -0.15) is 0 Å². The molecule has 0 spiro atoms. The molecule has 1 amide bonds. The molecule has 0 bridgehead atoms. The van der Waals surface area contributed by atoms with Crippen molar-refractivity contribution in [1.29, 1.82) is 0 Å². The number of benzene rings is 5. The molecule has 36 heteroatoms. The van der Waals surface area contributed by atoms with Gasteiger partial charge in [-0.05, 0) is 131 Å². The van der Waals surface area contributed by atoms with Crippen molar-refractivity contribution in [2.45, 2.75) is 92.8 Å². The molecule has 0 unspecified atom stereocenters. The minimum absolute atomic E-state index is 0.0463. The van der Waals surface area contributed by atoms with E-state index in [9.17, 15) is 24.0 Å². The van der Waals surface area contributed by atoms with E-state index in [1.165, 1.54) is 58.8 Å². The lowest BCUT2D eigenvalue weighted by Gasteiger charge is -2.05. The third-order valence-electron chi connectivity index (χ3n) is 12.8. The van der Waals surface area contributed by atoms with Gasteiger partial charge in [-0.15, -0.1) is 45.9 Å². The van der Waals surface area contributed by atoms with E-state index in [4.69, 9.17) is 99.4 Å². The van der Waals surface area contributed by atoms with Gasteiger partial charge in [-0.3, -0.25) is 29.1 Å². The minimum Gasteiger partial charge on any atom is -0.497 e. The first-order valence-electron chi connectivity index (χ1n) is 30.9. The number of hydrogen-bond donors (Lipinski definition) is 2. The van der Waals surface area contributed by atoms with Gasteiger partial charge >= 0.3 is 5.97 Å². The van der Waals surface area contributed by atoms with E-state index in [1.54, 1.807) is 111 Å². The molecule has 10 aromatic rings. The molecule has 10 rings (SSSR count). The summed E-state index contributed by atoms with van der Waals surface area (Å²) in [6.07, 6.45) is 2.16. The van der Waals surface area contributed by atoms with Gasteiger partial charge in [0, 0.05) is 88.7 Å². The van der Waals surface area contributed by atoms with Crippen molar-refractivity contribution in [3.63, 3.8) is 0 Å². The first-order chi connectivity index (χ1) is 49.6. The van der Waals surface area contributed by atoms with Crippen LogP contribution in [0.3, 0.4) is 0 Å². The number of carbonyl (C=O) groups is 5. The largest absolute Gasteiger partial charge is 0.497 e. The molecule has 0 saturated carbocycles. The van der Waals surface area contributed by atoms with Crippen LogP contribution in [-0.4, -0.2) is 162 Å². The minimum atomic E-state index is -0.245. The number of H-pyrrole nitrogens is 1. The van der Waals surface area contributed by atoms with Crippen molar-refractivity contribution >= 4 is 146 Å². The lowest BCUT2D eigenvalue weighted by molar-refractivity contribution is -0.142. The van der Waals surface area contributed by atoms with Gasteiger partial charge in [0.05, 0.1) is 73.3 Å². The van der Waals surface area contributed by atoms with Crippen molar-refractivity contribution in [2.75, 3.05) is 77.0 Å². The number of ketones is 3. The van der Waals surface area contributed by atoms with Crippen molar-refractivity contribution in [3.8, 4) is 74.5 Å². The van der Waals surface area contributed by atoms with Crippen LogP contribution in [0, 0.1) is 6.92 Å². The molecule has 0 radical (unpaired) electrons. The summed E-state index contributed by atoms with van der Waals surface area (Å²) in [5.74, 6) is 7.40. The Morgan fingerprint density at radius 2 is 0.903 bits per heavy atom. The van der Waals surface area contributed by atoms with Gasteiger partial charge < -0.3 is 46.7 Å². The van der Waals surface area contributed by atoms with E-state index in [-0.39, 0.29) is 35.6 Å². The van der Waals surface area contributed by atoms with Gasteiger partial charge in [0.25, 0.3) is 32.7 Å². The van der Waals surface area contributed by atoms with Crippen LogP contribution in [0.2, 0.25) is 25.1 Å². The zero-order valence-electron chi connectivity index (χ0n) is 57.0. The number of Topliss-reactive ketones (excluding diaryl/α,β-unsaturated/α-hetero) is 3. The maximum atomic E-state index is 11.5. The van der Waals surface area contributed by atoms with Crippen LogP contribution < -0.4 is 19.5 Å². The number of nitrogens with one attached hydrogen (secondary N) is 2. The first-order valence-corrected chi connectivity index (χ1v) is 37.7. The third kappa shape index (κ3) is 30.1. The summed E-state index contributed by atoms with van der Waals surface area (Å²) in [7, 11) is 6.38. The van der Waals surface area contributed by atoms with Crippen LogP contribution >= 0.6 is 117 Å². The second-order valence-electron chi connectivity index (χ2n) is 20.7. The van der Waals surface area contributed by atoms with E-state index >= 15 is 0 Å². The fraction of sp³-hybridized carbons (Fsp3) is 0.328. The fourth-order valence-corrected chi connectivity index (χ4v) is 12.7. The Bertz CT molecular complexity index is 4230. The lowest BCUT2D eigenvalue weighted by Crippen LogP contribution is -2.27. The zero-order valence-corrected chi connectivity index (χ0v) is 64.9. The summed E-state index contributed by atoms with van der Waals surface area (Å²) >= 11 is 36.6. The number of carbonyl (C=O) groups excluding carboxylic acids is 5. The van der Waals surface area contributed by atoms with E-state index in [2.05, 4.69) is 61.3 Å². The van der Waals surface area contributed by atoms with Gasteiger partial charge in [-0.1, -0.05) is 123 Å². The van der Waals surface area contributed by atoms with E-state index in [0.717, 1.165) is 22.4 Å². The second-order valence-corrected chi connectivity index (χ2v) is 28.1. The van der Waals surface area contributed by atoms with Crippen molar-refractivity contribution in [1.82, 2.24) is 61.3 Å². The summed E-state index contributed by atoms with van der Waals surface area (Å²) in [5.41, 5.74) is 4.73. The predicted octanol–water partition coefficient (Wildman–Crippen LogP) is 16.5. The van der Waals surface area contributed by atoms with Crippen LogP contribution in [0.4, 0.5) is 0 Å². The summed E-state index contributed by atoms with van der Waals surface area (Å²) in [5, 5.41) is 46.2. The number of thioether (sulfide) groups is 5. The second kappa shape index (κ2) is 45.5. The molecule has 0 aliphatic carbocycles. The number of methoxy groups -OCH3 is 4. The summed E-state index contributed by atoms with van der Waals surface area (Å²) in [6.45, 7) is 9.84. The van der Waals surface area contributed by atoms with Crippen molar-refractivity contribution in [2.24, 2.45) is 0 Å². The molecule has 5 aromatic carbocycles. The number of esters is 1. The van der Waals surface area contributed by atoms with Crippen LogP contribution in [0.1, 0.15) is 65.4 Å². The molecular formula is C67H71Cl5N12O14S5. The number of amides is 1. The number of rotatable bonds is 32. The maximum Gasteiger partial charge on any atom is 0.306 e. The normalized spacial score (nSPS) is 10.6. The van der Waals surface area contributed by atoms with Crippen molar-refractivity contribution in [3.05, 3.63) is 128 Å². The Morgan fingerprint density at radius 1 is 0.485 bits per heavy atom. The Balaban J connectivity index is 0.000000202. The van der Waals surface area contributed by atoms with Gasteiger partial charge in [-0.25, -0.2) is 4.98 Å². The topological polar surface area (TPSA) is 341 Å². The molecule has 0 aliphatic heterocycles. The molecule has 2 N–H and O–H groups in total. The number of aryl methyl sites for hydroxylation is 1. The summed E-state index contributed by atoms with van der Waals surface area (Å²) in [4.78, 5) is 59.7. The molecule has 5 aromatic heterocycles. The maximum absolute atomic E-state index is 11.5. The highest BCUT2D eigenvalue weighted by molar-refractivity contribution is 8.00. The third-order valence-corrected chi connectivity index (χ3v) is 18.3. The Morgan fingerprint density at radius 3 is 1.34 bits per heavy atom. The quantitative estimate of drug-likeness (QED) is 0.0225. The van der Waals surface area contributed by atoms with Gasteiger partial charge in [0.1, 0.15) is 34.6 Å². The number of aromatic nitrogens is 11. The summed E-state index contributed by atoms with van der Waals surface area (Å²) in [6, 6.07) is 28.6. The van der Waals surface area contributed by atoms with Crippen LogP contribution in [-0.2, 0) is 33.4 Å². The highest BCUT2D eigenvalue weighted by Gasteiger charge is 2.19. The molecule has 5 heterocycles. The monoisotopic (exact) mass is 1600 g/mol. The lowest BCUT2D eigenvalue weighted by atomic mass is 10.1. The fourth-order valence-electron chi connectivity index (χ4n) is 7.76. The smallest absolute Gasteiger partial charge is 0.306 e. The number of ether oxygens (including phenoxy) is 5. The highest BCUT2D eigenvalue weighted by Crippen LogP contribution is 2.36. The van der Waals surface area contributed by atoms with Gasteiger partial charge in [0.15, 0.2) is 5.82 Å². The number of aromatic amines is 1. The van der Waals surface area contributed by atoms with Crippen LogP contribution in [0.15, 0.2) is 141 Å². The molecule has 548 valence electrons. The standard InChI is InChI=1S/C14H15Cl2N3O3S.C14H16N2O3S.C13H12Cl2N2O3S.C13H13ClN2O3S.C13H15N3O2S/c1-21-6-5-17-12(20)4-7-23-14-19-18-13(22-14)10-3-2-9(15)8-11(10)16;1-9-4-5-11(12(8-9)18-3)13-15-16-14(19-13)20-7-6-10(2)17;1-2-19-11(18)5-6-21-13-17-16-12(20-13)9-4-3-8(14)7-10(9)15;1-8(17)5-6-20-13-16-15-12(19-13)10-4-3-9(14)7-11(10)18-2;1-9(17)7-8-19-13-14-12(15-16-13)10-3-5-11(18-2)6-4-10/h2-3,8H,4-7H2,1H3,(H,17,20);4-5,8H,6-7H2,1-3H3;3-4,7H,2,5-6H2,1H3;3-4,7H,5-6H2,1-2H3;3-6H,7-8H2,1-2H3,(H,14,15,16). The average Bonchev–Trinajstić information content (AvgIpc) is 1.79. The Hall–Kier alpha value is -7.69. The van der Waals surface area contributed by atoms with E-state index < -0.39 is 0 Å². The molecule has 0 fully saturated rings. The molecule has 103 heavy (non-hydrogen) atoms. The first kappa shape index (κ1) is 84.2. The average molecular weight is 1610 g/mol. The Labute approximate surface area is 639 Å². The SMILES string of the molecule is CCOC(=O)CCSc1nnc(-c2ccc(Cl)cc2Cl)o1.COCCNC(=O)CCSc1nnc(-c2ccc(Cl)cc2Cl)o1.COc1cc(C)ccc1-c1nnc(SCCC(C)=O)o1.COc1cc(Cl)ccc1-c1nnc(SCCC(C)=O)o1.COc1ccc(-c2nc(SCCC(C)=O)n[nH]2)cc1. The van der Waals surface area contributed by atoms with Crippen molar-refractivity contribution < 1.29 is 65.3 Å². The van der Waals surface area contributed by atoms with Crippen LogP contribution in [0.25, 0.3) is 57.2 Å². The molecular weight excluding hydrogens is 1530 g/mol. The van der Waals surface area contributed by atoms with Crippen LogP contribution in [0.5, 0.6) is 17.2 Å². The molecule has 0 atom stereocenters. The number of halogens is 5. The van der Waals surface area contributed by atoms with E-state index in [0.29, 0.717) is 183 Å². The predicted molar refractivity (Wildman–Crippen MR) is 400 cm³/mol. The zero-order chi connectivity index (χ0) is 74.6. The van der Waals surface area contributed by atoms with Gasteiger partial charge in [0.2, 0.25) is 22.8 Å². The molecule has 0 aliphatic rings. The summed E-state index contributed by atoms with van der Waals surface area (Å²) < 4.78 is 47.5. The molecule has 0 saturated heterocycles. The number of hydrogen-bond acceptors (Lipinski definition) is 29.